The van der Waals surface area contributed by atoms with Gasteiger partial charge in [0.25, 0.3) is 5.91 Å². The Morgan fingerprint density at radius 3 is 2.49 bits per heavy atom. The fourth-order valence-electron chi connectivity index (χ4n) is 7.59. The maximum absolute atomic E-state index is 14.6. The molecule has 2 fully saturated rings. The van der Waals surface area contributed by atoms with Gasteiger partial charge in [0.2, 0.25) is 5.91 Å². The maximum atomic E-state index is 14.6. The number of nitrogens with zero attached hydrogens (tertiary/aromatic N) is 1. The summed E-state index contributed by atoms with van der Waals surface area (Å²) < 4.78 is 0. The zero-order chi connectivity index (χ0) is 25.7. The zero-order valence-electron chi connectivity index (χ0n) is 20.0. The van der Waals surface area contributed by atoms with E-state index in [0.717, 1.165) is 12.0 Å². The van der Waals surface area contributed by atoms with Gasteiger partial charge in [0.15, 0.2) is 5.78 Å². The summed E-state index contributed by atoms with van der Waals surface area (Å²) in [5.74, 6) is -1.70. The lowest BCUT2D eigenvalue weighted by Gasteiger charge is -2.43. The molecule has 4 heterocycles. The number of Topliss-reactive ketones (excluding diaryl/α,β-unsaturated/α-hetero) is 1. The average molecular weight is 532 g/mol. The lowest BCUT2D eigenvalue weighted by Crippen LogP contribution is -2.62. The smallest absolute Gasteiger partial charge is 0.251 e. The van der Waals surface area contributed by atoms with Gasteiger partial charge < -0.3 is 10.6 Å². The lowest BCUT2D eigenvalue weighted by atomic mass is 9.57. The Morgan fingerprint density at radius 1 is 0.919 bits per heavy atom. The Kier molecular flexibility index (Phi) is 4.76. The number of carbonyl (C=O) groups is 3. The molecule has 6 nitrogen and oxygen atoms in total. The number of fused-ring (bicyclic) bond motifs is 7. The normalized spacial score (nSPS) is 29.4. The van der Waals surface area contributed by atoms with Crippen molar-refractivity contribution < 1.29 is 14.4 Å². The molecular formula is C29H23Cl2N3O3. The topological polar surface area (TPSA) is 78.5 Å². The van der Waals surface area contributed by atoms with Crippen LogP contribution in [0.3, 0.4) is 0 Å². The molecule has 0 aromatic heterocycles. The van der Waals surface area contributed by atoms with Crippen molar-refractivity contribution in [3.05, 3.63) is 93.0 Å². The SMILES string of the molecule is Cc1c(Cl)ccc2c1NC(=O)[C@]21N2CCC[C@H]2[C@@H](C(=O)c2ccccc2Cl)[C@]12C(=O)Nc1ccccc12. The largest absolute Gasteiger partial charge is 0.325 e. The van der Waals surface area contributed by atoms with E-state index < -0.39 is 16.9 Å². The van der Waals surface area contributed by atoms with Gasteiger partial charge in [-0.05, 0) is 61.7 Å². The van der Waals surface area contributed by atoms with E-state index in [1.165, 1.54) is 0 Å². The fourth-order valence-corrected chi connectivity index (χ4v) is 7.98. The molecule has 0 bridgehead atoms. The van der Waals surface area contributed by atoms with Gasteiger partial charge >= 0.3 is 0 Å². The van der Waals surface area contributed by atoms with Crippen LogP contribution < -0.4 is 10.6 Å². The van der Waals surface area contributed by atoms with Gasteiger partial charge in [0.1, 0.15) is 11.0 Å². The number of para-hydroxylation sites is 1. The van der Waals surface area contributed by atoms with Crippen LogP contribution in [0.15, 0.2) is 60.7 Å². The molecule has 0 saturated carbocycles. The highest BCUT2D eigenvalue weighted by Crippen LogP contribution is 2.68. The van der Waals surface area contributed by atoms with E-state index in [1.807, 2.05) is 37.3 Å². The van der Waals surface area contributed by atoms with Crippen molar-refractivity contribution in [2.24, 2.45) is 5.92 Å². The molecule has 37 heavy (non-hydrogen) atoms. The van der Waals surface area contributed by atoms with Gasteiger partial charge in [-0.2, -0.15) is 0 Å². The molecule has 7 rings (SSSR count). The number of halogens is 2. The minimum atomic E-state index is -1.50. The van der Waals surface area contributed by atoms with Crippen LogP contribution >= 0.6 is 23.2 Å². The van der Waals surface area contributed by atoms with Crippen molar-refractivity contribution in [2.45, 2.75) is 36.8 Å². The van der Waals surface area contributed by atoms with E-state index in [2.05, 4.69) is 15.5 Å². The molecule has 8 heteroatoms. The Hall–Kier alpha value is -3.19. The number of hydrogen-bond donors (Lipinski definition) is 2. The molecule has 0 unspecified atom stereocenters. The van der Waals surface area contributed by atoms with Gasteiger partial charge in [0.05, 0.1) is 16.6 Å². The first-order valence-electron chi connectivity index (χ1n) is 12.4. The molecule has 2 N–H and O–H groups in total. The molecule has 2 spiro atoms. The highest BCUT2D eigenvalue weighted by atomic mass is 35.5. The number of nitrogens with one attached hydrogen (secondary N) is 2. The molecule has 4 aliphatic rings. The number of ketones is 1. The summed E-state index contributed by atoms with van der Waals surface area (Å²) >= 11 is 13.0. The third-order valence-electron chi connectivity index (χ3n) is 8.89. The van der Waals surface area contributed by atoms with Crippen molar-refractivity contribution >= 4 is 52.2 Å². The molecule has 2 saturated heterocycles. The second-order valence-electron chi connectivity index (χ2n) is 10.3. The summed E-state index contributed by atoms with van der Waals surface area (Å²) in [6.45, 7) is 2.45. The number of rotatable bonds is 2. The van der Waals surface area contributed by atoms with Gasteiger partial charge in [-0.15, -0.1) is 0 Å². The monoisotopic (exact) mass is 531 g/mol. The van der Waals surface area contributed by atoms with Gasteiger partial charge in [-0.3, -0.25) is 19.3 Å². The predicted molar refractivity (Wildman–Crippen MR) is 142 cm³/mol. The van der Waals surface area contributed by atoms with Gasteiger partial charge in [-0.1, -0.05) is 59.6 Å². The fraction of sp³-hybridized carbons (Fsp3) is 0.276. The number of benzene rings is 3. The molecule has 4 atom stereocenters. The first-order chi connectivity index (χ1) is 17.8. The number of anilines is 2. The van der Waals surface area contributed by atoms with Crippen LogP contribution in [0.25, 0.3) is 0 Å². The quantitative estimate of drug-likeness (QED) is 0.439. The average Bonchev–Trinajstić information content (AvgIpc) is 3.60. The molecule has 0 aliphatic carbocycles. The van der Waals surface area contributed by atoms with Crippen LogP contribution in [0.5, 0.6) is 0 Å². The predicted octanol–water partition coefficient (Wildman–Crippen LogP) is 5.32. The van der Waals surface area contributed by atoms with Crippen molar-refractivity contribution in [3.8, 4) is 0 Å². The van der Waals surface area contributed by atoms with E-state index in [1.54, 1.807) is 30.3 Å². The Labute approximate surface area is 223 Å². The van der Waals surface area contributed by atoms with Crippen molar-refractivity contribution in [2.75, 3.05) is 17.2 Å². The standard InChI is InChI=1S/C29H23Cl2N3O3/c1-15-19(30)13-12-18-24(15)33-27(37)29(18)28(17-8-3-5-10-21(17)32-26(28)36)23(22-11-6-14-34(22)29)25(35)16-7-2-4-9-20(16)31/h2-5,7-10,12-13,22-23H,6,11,14H2,1H3,(H,32,36)(H,33,37)/t22-,23-,28+,29+/m0/s1. The van der Waals surface area contributed by atoms with Crippen molar-refractivity contribution in [3.63, 3.8) is 0 Å². The Morgan fingerprint density at radius 2 is 1.68 bits per heavy atom. The first-order valence-corrected chi connectivity index (χ1v) is 13.2. The summed E-state index contributed by atoms with van der Waals surface area (Å²) in [7, 11) is 0. The molecule has 2 amide bonds. The van der Waals surface area contributed by atoms with Crippen LogP contribution in [-0.2, 0) is 20.5 Å². The first kappa shape index (κ1) is 23.0. The summed E-state index contributed by atoms with van der Waals surface area (Å²) in [6.07, 6.45) is 1.50. The lowest BCUT2D eigenvalue weighted by molar-refractivity contribution is -0.137. The van der Waals surface area contributed by atoms with Crippen molar-refractivity contribution in [1.82, 2.24) is 4.90 Å². The third-order valence-corrected chi connectivity index (χ3v) is 9.63. The van der Waals surface area contributed by atoms with E-state index in [-0.39, 0.29) is 23.6 Å². The van der Waals surface area contributed by atoms with Crippen molar-refractivity contribution in [1.29, 1.82) is 0 Å². The van der Waals surface area contributed by atoms with Crippen LogP contribution in [0.2, 0.25) is 10.0 Å². The summed E-state index contributed by atoms with van der Waals surface area (Å²) in [4.78, 5) is 45.6. The van der Waals surface area contributed by atoms with Gasteiger partial charge in [-0.25, -0.2) is 0 Å². The Bertz CT molecular complexity index is 1560. The highest BCUT2D eigenvalue weighted by Gasteiger charge is 2.81. The van der Waals surface area contributed by atoms with E-state index in [9.17, 15) is 14.4 Å². The zero-order valence-corrected chi connectivity index (χ0v) is 21.5. The number of hydrogen-bond acceptors (Lipinski definition) is 4. The van der Waals surface area contributed by atoms with Crippen LogP contribution in [-0.4, -0.2) is 35.1 Å². The molecule has 186 valence electrons. The second kappa shape index (κ2) is 7.67. The van der Waals surface area contributed by atoms with Crippen LogP contribution in [0.4, 0.5) is 11.4 Å². The molecule has 3 aromatic carbocycles. The summed E-state index contributed by atoms with van der Waals surface area (Å²) in [6, 6.07) is 17.6. The van der Waals surface area contributed by atoms with E-state index in [4.69, 9.17) is 23.2 Å². The van der Waals surface area contributed by atoms with E-state index >= 15 is 0 Å². The maximum Gasteiger partial charge on any atom is 0.251 e. The molecular weight excluding hydrogens is 509 g/mol. The summed E-state index contributed by atoms with van der Waals surface area (Å²) in [5, 5.41) is 6.99. The minimum Gasteiger partial charge on any atom is -0.325 e. The Balaban J connectivity index is 1.61. The minimum absolute atomic E-state index is 0.224. The van der Waals surface area contributed by atoms with Crippen LogP contribution in [0.1, 0.15) is 39.9 Å². The number of amides is 2. The van der Waals surface area contributed by atoms with Gasteiger partial charge in [0, 0.05) is 27.9 Å². The highest BCUT2D eigenvalue weighted by molar-refractivity contribution is 6.34. The molecule has 3 aromatic rings. The number of carbonyl (C=O) groups excluding carboxylic acids is 3. The second-order valence-corrected chi connectivity index (χ2v) is 11.1. The molecule has 4 aliphatic heterocycles. The molecule has 0 radical (unpaired) electrons. The summed E-state index contributed by atoms with van der Waals surface area (Å²) in [5.41, 5.74) is 0.770. The van der Waals surface area contributed by atoms with E-state index in [0.29, 0.717) is 51.1 Å². The van der Waals surface area contributed by atoms with Crippen LogP contribution in [0, 0.1) is 12.8 Å². The third kappa shape index (κ3) is 2.54.